The highest BCUT2D eigenvalue weighted by Crippen LogP contribution is 2.09. The molecule has 98 valence electrons. The van der Waals surface area contributed by atoms with E-state index in [0.29, 0.717) is 16.7 Å². The quantitative estimate of drug-likeness (QED) is 0.903. The molecular formula is C15H13F2NO. The molecule has 1 N–H and O–H groups in total. The molecule has 0 radical (unpaired) electrons. The molecule has 0 aliphatic carbocycles. The monoisotopic (exact) mass is 261 g/mol. The van der Waals surface area contributed by atoms with Crippen LogP contribution < -0.4 is 5.32 Å². The number of rotatable bonds is 3. The summed E-state index contributed by atoms with van der Waals surface area (Å²) >= 11 is 0. The lowest BCUT2D eigenvalue weighted by Gasteiger charge is -2.06. The Bertz CT molecular complexity index is 611. The summed E-state index contributed by atoms with van der Waals surface area (Å²) in [6.45, 7) is 1.83. The van der Waals surface area contributed by atoms with Crippen molar-refractivity contribution < 1.29 is 13.6 Å². The largest absolute Gasteiger partial charge is 0.348 e. The highest BCUT2D eigenvalue weighted by Gasteiger charge is 2.07. The number of halogens is 2. The van der Waals surface area contributed by atoms with Crippen molar-refractivity contribution in [1.82, 2.24) is 5.32 Å². The van der Waals surface area contributed by atoms with Gasteiger partial charge in [-0.1, -0.05) is 12.1 Å². The van der Waals surface area contributed by atoms with E-state index in [1.165, 1.54) is 30.3 Å². The topological polar surface area (TPSA) is 29.1 Å². The van der Waals surface area contributed by atoms with Crippen LogP contribution in [0.15, 0.2) is 42.5 Å². The second-order valence-corrected chi connectivity index (χ2v) is 4.28. The van der Waals surface area contributed by atoms with Gasteiger partial charge in [0.25, 0.3) is 5.91 Å². The summed E-state index contributed by atoms with van der Waals surface area (Å²) in [4.78, 5) is 11.8. The van der Waals surface area contributed by atoms with Gasteiger partial charge >= 0.3 is 0 Å². The van der Waals surface area contributed by atoms with Gasteiger partial charge in [0, 0.05) is 12.1 Å². The van der Waals surface area contributed by atoms with Gasteiger partial charge in [0.15, 0.2) is 0 Å². The van der Waals surface area contributed by atoms with Crippen LogP contribution in [0.25, 0.3) is 0 Å². The highest BCUT2D eigenvalue weighted by atomic mass is 19.1. The first-order valence-electron chi connectivity index (χ1n) is 5.85. The zero-order valence-corrected chi connectivity index (χ0v) is 10.4. The molecule has 4 heteroatoms. The molecule has 0 bridgehead atoms. The van der Waals surface area contributed by atoms with E-state index in [9.17, 15) is 13.6 Å². The van der Waals surface area contributed by atoms with Gasteiger partial charge in [0.1, 0.15) is 11.6 Å². The number of aryl methyl sites for hydroxylation is 1. The number of benzene rings is 2. The van der Waals surface area contributed by atoms with Gasteiger partial charge in [-0.25, -0.2) is 8.78 Å². The van der Waals surface area contributed by atoms with Crippen LogP contribution in [0.5, 0.6) is 0 Å². The molecule has 0 spiro atoms. The van der Waals surface area contributed by atoms with E-state index in [-0.39, 0.29) is 24.1 Å². The summed E-state index contributed by atoms with van der Waals surface area (Å²) in [5.41, 5.74) is 1.47. The molecule has 0 aliphatic rings. The average Bonchev–Trinajstić information content (AvgIpc) is 2.39. The predicted molar refractivity (Wildman–Crippen MR) is 68.7 cm³/mol. The summed E-state index contributed by atoms with van der Waals surface area (Å²) in [5.74, 6) is -1.00. The normalized spacial score (nSPS) is 10.3. The van der Waals surface area contributed by atoms with Crippen molar-refractivity contribution in [2.24, 2.45) is 0 Å². The van der Waals surface area contributed by atoms with Crippen LogP contribution in [-0.4, -0.2) is 5.91 Å². The molecule has 0 heterocycles. The first kappa shape index (κ1) is 13.2. The summed E-state index contributed by atoms with van der Waals surface area (Å²) in [6.07, 6.45) is 0. The van der Waals surface area contributed by atoms with Crippen molar-refractivity contribution in [3.05, 3.63) is 70.8 Å². The Morgan fingerprint density at radius 2 is 1.95 bits per heavy atom. The molecule has 0 aromatic heterocycles. The maximum absolute atomic E-state index is 13.1. The SMILES string of the molecule is Cc1cc(C(=O)NCc2cccc(F)c2)ccc1F. The van der Waals surface area contributed by atoms with Gasteiger partial charge < -0.3 is 5.32 Å². The maximum atomic E-state index is 13.1. The van der Waals surface area contributed by atoms with E-state index in [1.807, 2.05) is 0 Å². The third kappa shape index (κ3) is 3.37. The van der Waals surface area contributed by atoms with Crippen molar-refractivity contribution in [2.75, 3.05) is 0 Å². The van der Waals surface area contributed by atoms with E-state index in [0.717, 1.165) is 0 Å². The Balaban J connectivity index is 2.03. The number of nitrogens with one attached hydrogen (secondary N) is 1. The molecule has 2 nitrogen and oxygen atoms in total. The molecule has 2 aromatic carbocycles. The lowest BCUT2D eigenvalue weighted by molar-refractivity contribution is 0.0950. The van der Waals surface area contributed by atoms with Crippen LogP contribution in [-0.2, 0) is 6.54 Å². The zero-order valence-electron chi connectivity index (χ0n) is 10.4. The van der Waals surface area contributed by atoms with Crippen LogP contribution in [0.2, 0.25) is 0 Å². The fraction of sp³-hybridized carbons (Fsp3) is 0.133. The Morgan fingerprint density at radius 3 is 2.63 bits per heavy atom. The van der Waals surface area contributed by atoms with Gasteiger partial charge in [-0.05, 0) is 48.4 Å². The molecule has 0 saturated heterocycles. The van der Waals surface area contributed by atoms with Crippen LogP contribution >= 0.6 is 0 Å². The Kier molecular flexibility index (Phi) is 3.90. The van der Waals surface area contributed by atoms with Crippen molar-refractivity contribution in [3.63, 3.8) is 0 Å². The van der Waals surface area contributed by atoms with E-state index in [2.05, 4.69) is 5.32 Å². The molecule has 2 rings (SSSR count). The molecule has 0 atom stereocenters. The molecule has 0 fully saturated rings. The van der Waals surface area contributed by atoms with Gasteiger partial charge in [0.05, 0.1) is 0 Å². The third-order valence-electron chi connectivity index (χ3n) is 2.76. The lowest BCUT2D eigenvalue weighted by Crippen LogP contribution is -2.22. The number of hydrogen-bond donors (Lipinski definition) is 1. The average molecular weight is 261 g/mol. The molecule has 19 heavy (non-hydrogen) atoms. The van der Waals surface area contributed by atoms with Crippen molar-refractivity contribution >= 4 is 5.91 Å². The smallest absolute Gasteiger partial charge is 0.251 e. The number of amides is 1. The summed E-state index contributed by atoms with van der Waals surface area (Å²) in [6, 6.07) is 10.2. The predicted octanol–water partition coefficient (Wildman–Crippen LogP) is 3.20. The van der Waals surface area contributed by atoms with Gasteiger partial charge in [-0.15, -0.1) is 0 Å². The Labute approximate surface area is 110 Å². The molecule has 2 aromatic rings. The van der Waals surface area contributed by atoms with Crippen LogP contribution in [0.3, 0.4) is 0 Å². The van der Waals surface area contributed by atoms with E-state index >= 15 is 0 Å². The van der Waals surface area contributed by atoms with Gasteiger partial charge in [-0.3, -0.25) is 4.79 Å². The highest BCUT2D eigenvalue weighted by molar-refractivity contribution is 5.94. The van der Waals surface area contributed by atoms with E-state index in [1.54, 1.807) is 19.1 Å². The zero-order chi connectivity index (χ0) is 13.8. The summed E-state index contributed by atoms with van der Waals surface area (Å²) < 4.78 is 26.0. The molecule has 0 saturated carbocycles. The number of hydrogen-bond acceptors (Lipinski definition) is 1. The molecule has 0 aliphatic heterocycles. The molecular weight excluding hydrogens is 248 g/mol. The maximum Gasteiger partial charge on any atom is 0.251 e. The fourth-order valence-electron chi connectivity index (χ4n) is 1.72. The van der Waals surface area contributed by atoms with Crippen molar-refractivity contribution in [2.45, 2.75) is 13.5 Å². The van der Waals surface area contributed by atoms with E-state index in [4.69, 9.17) is 0 Å². The van der Waals surface area contributed by atoms with Crippen molar-refractivity contribution in [3.8, 4) is 0 Å². The number of carbonyl (C=O) groups is 1. The molecule has 1 amide bonds. The van der Waals surface area contributed by atoms with Crippen molar-refractivity contribution in [1.29, 1.82) is 0 Å². The molecule has 0 unspecified atom stereocenters. The minimum atomic E-state index is -0.346. The third-order valence-corrected chi connectivity index (χ3v) is 2.76. The van der Waals surface area contributed by atoms with Gasteiger partial charge in [0.2, 0.25) is 0 Å². The van der Waals surface area contributed by atoms with Gasteiger partial charge in [-0.2, -0.15) is 0 Å². The number of carbonyl (C=O) groups excluding carboxylic acids is 1. The van der Waals surface area contributed by atoms with Crippen LogP contribution in [0.1, 0.15) is 21.5 Å². The first-order valence-corrected chi connectivity index (χ1v) is 5.85. The minimum absolute atomic E-state index is 0.229. The summed E-state index contributed by atoms with van der Waals surface area (Å²) in [7, 11) is 0. The lowest BCUT2D eigenvalue weighted by atomic mass is 10.1. The minimum Gasteiger partial charge on any atom is -0.348 e. The fourth-order valence-corrected chi connectivity index (χ4v) is 1.72. The van der Waals surface area contributed by atoms with E-state index < -0.39 is 0 Å². The van der Waals surface area contributed by atoms with Crippen LogP contribution in [0, 0.1) is 18.6 Å². The Morgan fingerprint density at radius 1 is 1.16 bits per heavy atom. The second kappa shape index (κ2) is 5.61. The first-order chi connectivity index (χ1) is 9.06. The summed E-state index contributed by atoms with van der Waals surface area (Å²) in [5, 5.41) is 2.66. The standard InChI is InChI=1S/C15H13F2NO/c1-10-7-12(5-6-14(10)17)15(19)18-9-11-3-2-4-13(16)8-11/h2-8H,9H2,1H3,(H,18,19). The Hall–Kier alpha value is -2.23. The second-order valence-electron chi connectivity index (χ2n) is 4.28. The van der Waals surface area contributed by atoms with Crippen LogP contribution in [0.4, 0.5) is 8.78 Å².